The minimum absolute atomic E-state index is 0.0508. The van der Waals surface area contributed by atoms with Gasteiger partial charge in [0, 0.05) is 12.8 Å². The van der Waals surface area contributed by atoms with Gasteiger partial charge in [0.25, 0.3) is 0 Å². The Balaban J connectivity index is 4.35. The molecule has 2 amide bonds. The van der Waals surface area contributed by atoms with Crippen LogP contribution in [0.25, 0.3) is 0 Å². The van der Waals surface area contributed by atoms with Gasteiger partial charge in [0.05, 0.1) is 13.2 Å². The van der Waals surface area contributed by atoms with Crippen LogP contribution in [0.1, 0.15) is 194 Å². The predicted octanol–water partition coefficient (Wildman–Crippen LogP) is 9.65. The highest BCUT2D eigenvalue weighted by Crippen LogP contribution is 2.18. The molecule has 0 saturated carbocycles. The largest absolute Gasteiger partial charge is 0.480 e. The number of nitrogens with one attached hydrogen (secondary N) is 2. The Morgan fingerprint density at radius 3 is 1.65 bits per heavy atom. The van der Waals surface area contributed by atoms with Gasteiger partial charge in [0.1, 0.15) is 12.1 Å². The lowest BCUT2D eigenvalue weighted by Crippen LogP contribution is -2.47. The van der Waals surface area contributed by atoms with E-state index in [4.69, 9.17) is 14.9 Å². The Morgan fingerprint density at radius 1 is 0.588 bits per heavy atom. The van der Waals surface area contributed by atoms with Crippen molar-refractivity contribution in [2.75, 3.05) is 13.2 Å². The van der Waals surface area contributed by atoms with Crippen LogP contribution >= 0.6 is 0 Å². The van der Waals surface area contributed by atoms with Crippen LogP contribution in [-0.4, -0.2) is 59.3 Å². The van der Waals surface area contributed by atoms with E-state index in [1.165, 1.54) is 83.5 Å². The molecule has 0 aliphatic carbocycles. The van der Waals surface area contributed by atoms with Crippen molar-refractivity contribution in [3.05, 3.63) is 24.3 Å². The third-order valence-corrected chi connectivity index (χ3v) is 9.20. The van der Waals surface area contributed by atoms with Crippen molar-refractivity contribution in [2.24, 2.45) is 0 Å². The molecule has 0 rings (SSSR count). The lowest BCUT2D eigenvalue weighted by Gasteiger charge is -2.18. The summed E-state index contributed by atoms with van der Waals surface area (Å²) < 4.78 is 5.99. The molecular formula is C42H76N2O7. The molecule has 51 heavy (non-hydrogen) atoms. The second-order valence-corrected chi connectivity index (χ2v) is 14.1. The van der Waals surface area contributed by atoms with Gasteiger partial charge in [-0.25, -0.2) is 4.79 Å². The van der Waals surface area contributed by atoms with Crippen molar-refractivity contribution >= 4 is 23.8 Å². The highest BCUT2D eigenvalue weighted by atomic mass is 16.5. The molecule has 0 aliphatic heterocycles. The number of carbonyl (C=O) groups excluding carboxylic acids is 3. The number of hydrogen-bond acceptors (Lipinski definition) is 6. The molecule has 4 N–H and O–H groups in total. The molecule has 0 heterocycles. The van der Waals surface area contributed by atoms with Gasteiger partial charge in [0.15, 0.2) is 0 Å². The summed E-state index contributed by atoms with van der Waals surface area (Å²) in [4.78, 5) is 47.4. The molecule has 296 valence electrons. The number of aliphatic hydroxyl groups is 1. The Hall–Kier alpha value is -2.68. The second-order valence-electron chi connectivity index (χ2n) is 14.1. The van der Waals surface area contributed by atoms with Gasteiger partial charge in [-0.15, -0.1) is 0 Å². The summed E-state index contributed by atoms with van der Waals surface area (Å²) in [6.07, 6.45) is 39.1. The van der Waals surface area contributed by atoms with Gasteiger partial charge in [-0.2, -0.15) is 0 Å². The maximum absolute atomic E-state index is 12.7. The summed E-state index contributed by atoms with van der Waals surface area (Å²) in [6.45, 7) is 3.44. The van der Waals surface area contributed by atoms with E-state index < -0.39 is 24.5 Å². The quantitative estimate of drug-likeness (QED) is 0.0284. The molecule has 0 aromatic carbocycles. The molecule has 0 aliphatic rings. The smallest absolute Gasteiger partial charge is 0.328 e. The summed E-state index contributed by atoms with van der Waals surface area (Å²) in [7, 11) is 0. The summed E-state index contributed by atoms with van der Waals surface area (Å²) >= 11 is 0. The topological polar surface area (TPSA) is 142 Å². The van der Waals surface area contributed by atoms with E-state index >= 15 is 0 Å². The molecule has 0 radical (unpaired) electrons. The molecule has 0 spiro atoms. The zero-order valence-electron chi connectivity index (χ0n) is 32.6. The Morgan fingerprint density at radius 2 is 1.08 bits per heavy atom. The molecule has 2 unspecified atom stereocenters. The van der Waals surface area contributed by atoms with Crippen molar-refractivity contribution in [1.82, 2.24) is 10.6 Å². The van der Waals surface area contributed by atoms with Crippen molar-refractivity contribution in [3.8, 4) is 0 Å². The molecule has 0 saturated heterocycles. The first-order valence-corrected chi connectivity index (χ1v) is 20.7. The molecule has 0 aromatic heterocycles. The van der Waals surface area contributed by atoms with Gasteiger partial charge in [-0.3, -0.25) is 14.4 Å². The SMILES string of the molecule is CCCCC/C=C\C/C=C\CCCC(CCCCCCCC(=O)NCC(=O)NC(CO)C(=O)O)OC(=O)CCCCCCCCCCCCCC. The van der Waals surface area contributed by atoms with Crippen molar-refractivity contribution in [3.63, 3.8) is 0 Å². The van der Waals surface area contributed by atoms with Gasteiger partial charge in [0.2, 0.25) is 11.8 Å². The van der Waals surface area contributed by atoms with E-state index in [0.717, 1.165) is 77.0 Å². The molecule has 0 aromatic rings. The number of aliphatic hydroxyl groups excluding tert-OH is 1. The van der Waals surface area contributed by atoms with Crippen LogP contribution in [-0.2, 0) is 23.9 Å². The predicted molar refractivity (Wildman–Crippen MR) is 208 cm³/mol. The fraction of sp³-hybridized carbons (Fsp3) is 0.810. The minimum atomic E-state index is -1.38. The minimum Gasteiger partial charge on any atom is -0.480 e. The Kier molecular flexibility index (Phi) is 35.1. The van der Waals surface area contributed by atoms with E-state index in [2.05, 4.69) is 48.8 Å². The normalized spacial score (nSPS) is 12.7. The third-order valence-electron chi connectivity index (χ3n) is 9.20. The maximum Gasteiger partial charge on any atom is 0.328 e. The highest BCUT2D eigenvalue weighted by molar-refractivity contribution is 5.87. The van der Waals surface area contributed by atoms with Gasteiger partial charge < -0.3 is 25.6 Å². The van der Waals surface area contributed by atoms with Gasteiger partial charge in [-0.05, 0) is 64.2 Å². The molecule has 9 heteroatoms. The zero-order valence-corrected chi connectivity index (χ0v) is 32.6. The molecule has 9 nitrogen and oxygen atoms in total. The van der Waals surface area contributed by atoms with Crippen molar-refractivity contribution in [1.29, 1.82) is 0 Å². The van der Waals surface area contributed by atoms with E-state index in [1.807, 2.05) is 0 Å². The molecule has 0 bridgehead atoms. The monoisotopic (exact) mass is 721 g/mol. The number of aliphatic carboxylic acids is 1. The third kappa shape index (κ3) is 34.2. The first-order chi connectivity index (χ1) is 24.8. The highest BCUT2D eigenvalue weighted by Gasteiger charge is 2.19. The fourth-order valence-corrected chi connectivity index (χ4v) is 5.99. The first-order valence-electron chi connectivity index (χ1n) is 20.7. The van der Waals surface area contributed by atoms with Crippen LogP contribution in [0.3, 0.4) is 0 Å². The maximum atomic E-state index is 12.7. The molecule has 0 fully saturated rings. The Labute approximate surface area is 311 Å². The number of unbranched alkanes of at least 4 members (excludes halogenated alkanes) is 19. The number of esters is 1. The van der Waals surface area contributed by atoms with E-state index in [0.29, 0.717) is 12.8 Å². The summed E-state index contributed by atoms with van der Waals surface area (Å²) in [5.41, 5.74) is 0. The van der Waals surface area contributed by atoms with Crippen LogP contribution in [0, 0.1) is 0 Å². The van der Waals surface area contributed by atoms with Crippen LogP contribution in [0.4, 0.5) is 0 Å². The van der Waals surface area contributed by atoms with Crippen LogP contribution in [0.2, 0.25) is 0 Å². The van der Waals surface area contributed by atoms with Crippen molar-refractivity contribution in [2.45, 2.75) is 206 Å². The number of hydrogen-bond donors (Lipinski definition) is 4. The fourth-order valence-electron chi connectivity index (χ4n) is 5.99. The van der Waals surface area contributed by atoms with Gasteiger partial charge >= 0.3 is 11.9 Å². The lowest BCUT2D eigenvalue weighted by atomic mass is 10.0. The Bertz CT molecular complexity index is 921. The van der Waals surface area contributed by atoms with E-state index in [9.17, 15) is 19.2 Å². The number of ether oxygens (including phenoxy) is 1. The molecule has 2 atom stereocenters. The van der Waals surface area contributed by atoms with E-state index in [1.54, 1.807) is 0 Å². The number of carboxylic acids is 1. The van der Waals surface area contributed by atoms with Crippen LogP contribution < -0.4 is 10.6 Å². The van der Waals surface area contributed by atoms with Crippen molar-refractivity contribution < 1.29 is 34.1 Å². The summed E-state index contributed by atoms with van der Waals surface area (Å²) in [6, 6.07) is -1.38. The number of carbonyl (C=O) groups is 4. The number of rotatable bonds is 37. The summed E-state index contributed by atoms with van der Waals surface area (Å²) in [5.74, 6) is -2.32. The molecular weight excluding hydrogens is 644 g/mol. The number of allylic oxidation sites excluding steroid dienone is 4. The average Bonchev–Trinajstić information content (AvgIpc) is 3.11. The lowest BCUT2D eigenvalue weighted by molar-refractivity contribution is -0.150. The second kappa shape index (κ2) is 37.1. The van der Waals surface area contributed by atoms with Gasteiger partial charge in [-0.1, -0.05) is 141 Å². The zero-order chi connectivity index (χ0) is 37.6. The number of amides is 2. The van der Waals surface area contributed by atoms with Crippen LogP contribution in [0.5, 0.6) is 0 Å². The standard InChI is InChI=1S/C42H76N2O7/c1-3-5-7-9-11-13-15-17-19-21-26-30-34-41(48)51-37(31-27-23-20-18-16-14-12-10-8-6-4-2)32-28-24-22-25-29-33-39(46)43-35-40(47)44-38(36-45)42(49)50/h12,14,18,20,37-38,45H,3-11,13,15-17,19,21-36H2,1-2H3,(H,43,46)(H,44,47)(H,49,50)/b14-12-,20-18-. The number of carboxylic acid groups (broad SMARTS) is 1. The first kappa shape index (κ1) is 48.3. The van der Waals surface area contributed by atoms with E-state index in [-0.39, 0.29) is 30.9 Å². The average molecular weight is 721 g/mol. The summed E-state index contributed by atoms with van der Waals surface area (Å²) in [5, 5.41) is 22.5. The van der Waals surface area contributed by atoms with Crippen LogP contribution in [0.15, 0.2) is 24.3 Å².